The third kappa shape index (κ3) is 3.80. The Labute approximate surface area is 146 Å². The first-order valence-corrected chi connectivity index (χ1v) is 7.91. The first-order valence-electron chi connectivity index (χ1n) is 7.09. The minimum absolute atomic E-state index is 0.168. The standard InChI is InChI=1S/C15H12N6O3S/c1-20-15(17-18-19-20)25-13-8-7-11(21(23)24)9-12(13)14(22)16-10-5-3-2-4-6-10/h2-9H,1H3,(H,16,22). The Morgan fingerprint density at radius 2 is 2.00 bits per heavy atom. The van der Waals surface area contributed by atoms with Gasteiger partial charge in [-0.05, 0) is 40.4 Å². The number of nitro groups is 1. The van der Waals surface area contributed by atoms with Gasteiger partial charge in [0.15, 0.2) is 0 Å². The van der Waals surface area contributed by atoms with Crippen molar-refractivity contribution in [2.75, 3.05) is 5.32 Å². The van der Waals surface area contributed by atoms with Gasteiger partial charge in [0.25, 0.3) is 11.6 Å². The summed E-state index contributed by atoms with van der Waals surface area (Å²) in [4.78, 5) is 23.6. The summed E-state index contributed by atoms with van der Waals surface area (Å²) >= 11 is 1.15. The van der Waals surface area contributed by atoms with Crippen molar-refractivity contribution >= 4 is 29.0 Å². The molecule has 0 saturated heterocycles. The highest BCUT2D eigenvalue weighted by atomic mass is 32.2. The highest BCUT2D eigenvalue weighted by Crippen LogP contribution is 2.31. The molecule has 1 aromatic heterocycles. The van der Waals surface area contributed by atoms with Crippen LogP contribution in [0.2, 0.25) is 0 Å². The Balaban J connectivity index is 1.96. The molecule has 0 aliphatic heterocycles. The number of carbonyl (C=O) groups is 1. The van der Waals surface area contributed by atoms with Crippen molar-refractivity contribution in [1.82, 2.24) is 20.2 Å². The Kier molecular flexibility index (Phi) is 4.70. The number of carbonyl (C=O) groups excluding carboxylic acids is 1. The number of amides is 1. The normalized spacial score (nSPS) is 10.4. The van der Waals surface area contributed by atoms with Gasteiger partial charge in [-0.1, -0.05) is 18.2 Å². The lowest BCUT2D eigenvalue weighted by Crippen LogP contribution is -2.13. The molecule has 9 nitrogen and oxygen atoms in total. The Bertz CT molecular complexity index is 928. The smallest absolute Gasteiger partial charge is 0.270 e. The molecule has 3 rings (SSSR count). The molecule has 25 heavy (non-hydrogen) atoms. The number of hydrogen-bond acceptors (Lipinski definition) is 7. The SMILES string of the molecule is Cn1nnnc1Sc1ccc([N+](=O)[O-])cc1C(=O)Nc1ccccc1. The van der Waals surface area contributed by atoms with Gasteiger partial charge < -0.3 is 5.32 Å². The lowest BCUT2D eigenvalue weighted by molar-refractivity contribution is -0.384. The zero-order valence-corrected chi connectivity index (χ0v) is 13.8. The molecule has 0 aliphatic carbocycles. The molecule has 0 unspecified atom stereocenters. The van der Waals surface area contributed by atoms with Crippen molar-refractivity contribution in [3.05, 3.63) is 64.2 Å². The predicted molar refractivity (Wildman–Crippen MR) is 90.4 cm³/mol. The highest BCUT2D eigenvalue weighted by Gasteiger charge is 2.19. The number of nitro benzene ring substituents is 1. The van der Waals surface area contributed by atoms with Gasteiger partial charge in [-0.3, -0.25) is 14.9 Å². The average Bonchev–Trinajstić information content (AvgIpc) is 3.00. The molecule has 0 bridgehead atoms. The molecule has 0 aliphatic rings. The number of aromatic nitrogens is 4. The molecule has 0 spiro atoms. The van der Waals surface area contributed by atoms with Gasteiger partial charge in [-0.2, -0.15) is 0 Å². The lowest BCUT2D eigenvalue weighted by Gasteiger charge is -2.09. The van der Waals surface area contributed by atoms with Gasteiger partial charge in [0.1, 0.15) is 0 Å². The topological polar surface area (TPSA) is 116 Å². The maximum atomic E-state index is 12.6. The first kappa shape index (κ1) is 16.6. The third-order valence-corrected chi connectivity index (χ3v) is 4.34. The summed E-state index contributed by atoms with van der Waals surface area (Å²) < 4.78 is 1.45. The van der Waals surface area contributed by atoms with E-state index in [1.807, 2.05) is 6.07 Å². The quantitative estimate of drug-likeness (QED) is 0.551. The Morgan fingerprint density at radius 1 is 1.24 bits per heavy atom. The van der Waals surface area contributed by atoms with Crippen LogP contribution in [0.3, 0.4) is 0 Å². The molecular formula is C15H12N6O3S. The number of aryl methyl sites for hydroxylation is 1. The zero-order valence-electron chi connectivity index (χ0n) is 13.0. The largest absolute Gasteiger partial charge is 0.322 e. The van der Waals surface area contributed by atoms with Gasteiger partial charge in [0, 0.05) is 29.8 Å². The highest BCUT2D eigenvalue weighted by molar-refractivity contribution is 7.99. The van der Waals surface area contributed by atoms with E-state index in [1.54, 1.807) is 31.3 Å². The minimum Gasteiger partial charge on any atom is -0.322 e. The second-order valence-electron chi connectivity index (χ2n) is 4.94. The molecule has 0 saturated carbocycles. The fourth-order valence-electron chi connectivity index (χ4n) is 2.02. The summed E-state index contributed by atoms with van der Waals surface area (Å²) in [7, 11) is 1.66. The molecular weight excluding hydrogens is 344 g/mol. The number of non-ortho nitro benzene ring substituents is 1. The van der Waals surface area contributed by atoms with E-state index >= 15 is 0 Å². The number of nitrogens with zero attached hydrogens (tertiary/aromatic N) is 5. The van der Waals surface area contributed by atoms with E-state index < -0.39 is 10.8 Å². The van der Waals surface area contributed by atoms with Crippen molar-refractivity contribution in [1.29, 1.82) is 0 Å². The van der Waals surface area contributed by atoms with Crippen LogP contribution in [0, 0.1) is 10.1 Å². The van der Waals surface area contributed by atoms with Gasteiger partial charge in [-0.25, -0.2) is 4.68 Å². The fraction of sp³-hybridized carbons (Fsp3) is 0.0667. The molecule has 2 aromatic carbocycles. The molecule has 1 heterocycles. The van der Waals surface area contributed by atoms with E-state index in [1.165, 1.54) is 22.9 Å². The van der Waals surface area contributed by atoms with Crippen LogP contribution in [0.4, 0.5) is 11.4 Å². The van der Waals surface area contributed by atoms with E-state index in [-0.39, 0.29) is 11.3 Å². The van der Waals surface area contributed by atoms with Crippen LogP contribution >= 0.6 is 11.8 Å². The molecule has 126 valence electrons. The van der Waals surface area contributed by atoms with Gasteiger partial charge in [0.2, 0.25) is 5.16 Å². The Morgan fingerprint density at radius 3 is 2.64 bits per heavy atom. The summed E-state index contributed by atoms with van der Waals surface area (Å²) in [6.07, 6.45) is 0. The summed E-state index contributed by atoms with van der Waals surface area (Å²) in [6.45, 7) is 0. The molecule has 0 radical (unpaired) electrons. The van der Waals surface area contributed by atoms with E-state index in [4.69, 9.17) is 0 Å². The predicted octanol–water partition coefficient (Wildman–Crippen LogP) is 2.52. The van der Waals surface area contributed by atoms with E-state index in [0.29, 0.717) is 15.7 Å². The van der Waals surface area contributed by atoms with Gasteiger partial charge >= 0.3 is 0 Å². The van der Waals surface area contributed by atoms with E-state index in [2.05, 4.69) is 20.8 Å². The number of tetrazole rings is 1. The lowest BCUT2D eigenvalue weighted by atomic mass is 10.2. The van der Waals surface area contributed by atoms with Crippen LogP contribution in [-0.2, 0) is 7.05 Å². The molecule has 1 amide bonds. The van der Waals surface area contributed by atoms with Gasteiger partial charge in [-0.15, -0.1) is 5.10 Å². The van der Waals surface area contributed by atoms with Crippen LogP contribution in [0.5, 0.6) is 0 Å². The summed E-state index contributed by atoms with van der Waals surface area (Å²) in [5, 5.41) is 25.4. The molecule has 10 heteroatoms. The number of nitrogens with one attached hydrogen (secondary N) is 1. The van der Waals surface area contributed by atoms with Crippen molar-refractivity contribution in [3.8, 4) is 0 Å². The molecule has 1 N–H and O–H groups in total. The second-order valence-corrected chi connectivity index (χ2v) is 5.95. The molecule has 3 aromatic rings. The van der Waals surface area contributed by atoms with Crippen molar-refractivity contribution in [3.63, 3.8) is 0 Å². The summed E-state index contributed by atoms with van der Waals surface area (Å²) in [5.41, 5.74) is 0.597. The van der Waals surface area contributed by atoms with Crippen LogP contribution in [0.25, 0.3) is 0 Å². The fourth-order valence-corrected chi connectivity index (χ4v) is 2.86. The molecule has 0 fully saturated rings. The molecule has 0 atom stereocenters. The number of rotatable bonds is 5. The van der Waals surface area contributed by atoms with Gasteiger partial charge in [0.05, 0.1) is 10.5 Å². The van der Waals surface area contributed by atoms with Crippen molar-refractivity contribution in [2.24, 2.45) is 7.05 Å². The first-order chi connectivity index (χ1) is 12.0. The minimum atomic E-state index is -0.544. The second kappa shape index (κ2) is 7.09. The number of para-hydroxylation sites is 1. The van der Waals surface area contributed by atoms with Crippen molar-refractivity contribution in [2.45, 2.75) is 10.1 Å². The average molecular weight is 356 g/mol. The van der Waals surface area contributed by atoms with Crippen molar-refractivity contribution < 1.29 is 9.72 Å². The summed E-state index contributed by atoms with van der Waals surface area (Å²) in [6, 6.07) is 12.9. The van der Waals surface area contributed by atoms with Crippen LogP contribution in [0.1, 0.15) is 10.4 Å². The summed E-state index contributed by atoms with van der Waals surface area (Å²) in [5.74, 6) is -0.451. The van der Waals surface area contributed by atoms with Crippen LogP contribution in [0.15, 0.2) is 58.6 Å². The number of benzene rings is 2. The monoisotopic (exact) mass is 356 g/mol. The van der Waals surface area contributed by atoms with E-state index in [9.17, 15) is 14.9 Å². The number of hydrogen-bond donors (Lipinski definition) is 1. The van der Waals surface area contributed by atoms with Crippen LogP contribution < -0.4 is 5.32 Å². The number of anilines is 1. The Hall–Kier alpha value is -3.27. The van der Waals surface area contributed by atoms with E-state index in [0.717, 1.165) is 11.8 Å². The maximum absolute atomic E-state index is 12.6. The third-order valence-electron chi connectivity index (χ3n) is 3.23. The maximum Gasteiger partial charge on any atom is 0.270 e. The van der Waals surface area contributed by atoms with Crippen LogP contribution in [-0.4, -0.2) is 31.0 Å². The zero-order chi connectivity index (χ0) is 17.8.